The number of benzene rings is 1. The van der Waals surface area contributed by atoms with Gasteiger partial charge in [0, 0.05) is 35.7 Å². The number of ether oxygens (including phenoxy) is 1. The third kappa shape index (κ3) is 2.58. The fraction of sp³-hybridized carbons (Fsp3) is 0.412. The van der Waals surface area contributed by atoms with Crippen molar-refractivity contribution in [1.29, 1.82) is 0 Å². The van der Waals surface area contributed by atoms with Gasteiger partial charge in [-0.3, -0.25) is 4.79 Å². The Kier molecular flexibility index (Phi) is 3.88. The van der Waals surface area contributed by atoms with Crippen molar-refractivity contribution >= 4 is 28.2 Å². The molecule has 0 unspecified atom stereocenters. The molecule has 0 atom stereocenters. The molecule has 0 aliphatic carbocycles. The fourth-order valence-electron chi connectivity index (χ4n) is 3.19. The van der Waals surface area contributed by atoms with Gasteiger partial charge in [-0.2, -0.15) is 0 Å². The first-order chi connectivity index (χ1) is 10.6. The average molecular weight is 299 g/mol. The second kappa shape index (κ2) is 5.83. The highest BCUT2D eigenvalue weighted by Crippen LogP contribution is 2.32. The van der Waals surface area contributed by atoms with Crippen LogP contribution in [0.2, 0.25) is 0 Å². The third-order valence-electron chi connectivity index (χ3n) is 4.36. The molecular weight excluding hydrogens is 278 g/mol. The molecule has 116 valence electrons. The summed E-state index contributed by atoms with van der Waals surface area (Å²) in [5, 5.41) is 2.11. The quantitative estimate of drug-likeness (QED) is 0.681. The Balaban J connectivity index is 1.90. The van der Waals surface area contributed by atoms with E-state index < -0.39 is 0 Å². The number of piperidine rings is 1. The fourth-order valence-corrected chi connectivity index (χ4v) is 3.19. The van der Waals surface area contributed by atoms with Crippen molar-refractivity contribution in [3.8, 4) is 0 Å². The van der Waals surface area contributed by atoms with E-state index in [4.69, 9.17) is 10.5 Å². The van der Waals surface area contributed by atoms with Crippen LogP contribution in [0.4, 0.5) is 11.5 Å². The van der Waals surface area contributed by atoms with Crippen LogP contribution in [-0.2, 0) is 9.53 Å². The van der Waals surface area contributed by atoms with Crippen molar-refractivity contribution in [2.75, 3.05) is 30.8 Å². The number of methoxy groups -OCH3 is 1. The minimum absolute atomic E-state index is 0.00281. The molecule has 1 aliphatic heterocycles. The molecule has 3 rings (SSSR count). The average Bonchev–Trinajstić information content (AvgIpc) is 2.54. The monoisotopic (exact) mass is 299 g/mol. The van der Waals surface area contributed by atoms with Crippen molar-refractivity contribution in [2.45, 2.75) is 19.8 Å². The molecule has 5 nitrogen and oxygen atoms in total. The Morgan fingerprint density at radius 1 is 1.32 bits per heavy atom. The first kappa shape index (κ1) is 14.6. The molecule has 2 N–H and O–H groups in total. The lowest BCUT2D eigenvalue weighted by Crippen LogP contribution is -2.37. The van der Waals surface area contributed by atoms with Crippen LogP contribution in [0.1, 0.15) is 18.4 Å². The number of fused-ring (bicyclic) bond motifs is 1. The molecule has 0 amide bonds. The second-order valence-electron chi connectivity index (χ2n) is 5.87. The summed E-state index contributed by atoms with van der Waals surface area (Å²) in [5.41, 5.74) is 8.04. The number of esters is 1. The summed E-state index contributed by atoms with van der Waals surface area (Å²) in [6.45, 7) is 3.65. The van der Waals surface area contributed by atoms with Crippen LogP contribution in [-0.4, -0.2) is 31.2 Å². The molecule has 1 fully saturated rings. The molecular formula is C17H21N3O2. The first-order valence-corrected chi connectivity index (χ1v) is 7.57. The van der Waals surface area contributed by atoms with Crippen LogP contribution < -0.4 is 10.6 Å². The van der Waals surface area contributed by atoms with Gasteiger partial charge in [0.1, 0.15) is 5.82 Å². The van der Waals surface area contributed by atoms with E-state index in [1.165, 1.54) is 7.11 Å². The number of aryl methyl sites for hydroxylation is 1. The lowest BCUT2D eigenvalue weighted by atomic mass is 9.96. The zero-order valence-corrected chi connectivity index (χ0v) is 13.0. The Labute approximate surface area is 130 Å². The molecule has 0 radical (unpaired) electrons. The van der Waals surface area contributed by atoms with E-state index in [0.717, 1.165) is 53.8 Å². The summed E-state index contributed by atoms with van der Waals surface area (Å²) in [7, 11) is 1.45. The van der Waals surface area contributed by atoms with E-state index in [0.29, 0.717) is 0 Å². The highest BCUT2D eigenvalue weighted by atomic mass is 16.5. The van der Waals surface area contributed by atoms with Gasteiger partial charge in [-0.25, -0.2) is 4.98 Å². The minimum Gasteiger partial charge on any atom is -0.469 e. The number of anilines is 2. The maximum Gasteiger partial charge on any atom is 0.308 e. The molecule has 5 heteroatoms. The number of rotatable bonds is 2. The van der Waals surface area contributed by atoms with E-state index >= 15 is 0 Å². The highest BCUT2D eigenvalue weighted by Gasteiger charge is 2.26. The van der Waals surface area contributed by atoms with Crippen LogP contribution in [0.3, 0.4) is 0 Å². The highest BCUT2D eigenvalue weighted by molar-refractivity contribution is 6.00. The van der Waals surface area contributed by atoms with E-state index in [2.05, 4.69) is 16.0 Å². The lowest BCUT2D eigenvalue weighted by Gasteiger charge is -2.32. The zero-order chi connectivity index (χ0) is 15.7. The van der Waals surface area contributed by atoms with Crippen LogP contribution in [0.15, 0.2) is 24.4 Å². The molecule has 0 bridgehead atoms. The topological polar surface area (TPSA) is 68.5 Å². The standard InChI is InChI=1S/C17H21N3O2/c1-11-9-14-13(15(18)10-11)3-6-19-16(14)20-7-4-12(5-8-20)17(21)22-2/h3,6,9-10,12H,4-5,7-8,18H2,1-2H3. The Bertz CT molecular complexity index is 706. The molecule has 1 aliphatic rings. The van der Waals surface area contributed by atoms with Crippen molar-refractivity contribution in [2.24, 2.45) is 5.92 Å². The van der Waals surface area contributed by atoms with E-state index in [-0.39, 0.29) is 11.9 Å². The van der Waals surface area contributed by atoms with Crippen molar-refractivity contribution in [3.05, 3.63) is 30.0 Å². The number of nitrogen functional groups attached to an aromatic ring is 1. The van der Waals surface area contributed by atoms with E-state index in [1.807, 2.05) is 19.1 Å². The zero-order valence-electron chi connectivity index (χ0n) is 13.0. The van der Waals surface area contributed by atoms with E-state index in [1.54, 1.807) is 6.20 Å². The van der Waals surface area contributed by atoms with Crippen molar-refractivity contribution in [3.63, 3.8) is 0 Å². The number of nitrogens with zero attached hydrogens (tertiary/aromatic N) is 2. The summed E-state index contributed by atoms with van der Waals surface area (Å²) >= 11 is 0. The number of carbonyl (C=O) groups excluding carboxylic acids is 1. The van der Waals surface area contributed by atoms with Crippen LogP contribution in [0, 0.1) is 12.8 Å². The summed E-state index contributed by atoms with van der Waals surface area (Å²) in [6, 6.07) is 6.06. The second-order valence-corrected chi connectivity index (χ2v) is 5.87. The van der Waals surface area contributed by atoms with Gasteiger partial charge in [-0.1, -0.05) is 0 Å². The van der Waals surface area contributed by atoms with Crippen molar-refractivity contribution in [1.82, 2.24) is 4.98 Å². The Morgan fingerprint density at radius 3 is 2.73 bits per heavy atom. The maximum atomic E-state index is 11.6. The largest absolute Gasteiger partial charge is 0.469 e. The number of pyridine rings is 1. The SMILES string of the molecule is COC(=O)C1CCN(c2nccc3c(N)cc(C)cc23)CC1. The van der Waals surface area contributed by atoms with Gasteiger partial charge in [0.2, 0.25) is 0 Å². The third-order valence-corrected chi connectivity index (χ3v) is 4.36. The van der Waals surface area contributed by atoms with Gasteiger partial charge in [0.15, 0.2) is 0 Å². The number of hydrogen-bond donors (Lipinski definition) is 1. The number of hydrogen-bond acceptors (Lipinski definition) is 5. The molecule has 2 aromatic rings. The first-order valence-electron chi connectivity index (χ1n) is 7.57. The molecule has 22 heavy (non-hydrogen) atoms. The van der Waals surface area contributed by atoms with Gasteiger partial charge in [0.05, 0.1) is 13.0 Å². The van der Waals surface area contributed by atoms with Crippen LogP contribution in [0.5, 0.6) is 0 Å². The van der Waals surface area contributed by atoms with Gasteiger partial charge in [0.25, 0.3) is 0 Å². The van der Waals surface area contributed by atoms with Gasteiger partial charge in [-0.05, 0) is 43.5 Å². The number of carbonyl (C=O) groups is 1. The molecule has 1 aromatic carbocycles. The maximum absolute atomic E-state index is 11.6. The molecule has 0 spiro atoms. The van der Waals surface area contributed by atoms with E-state index in [9.17, 15) is 4.79 Å². The minimum atomic E-state index is -0.106. The van der Waals surface area contributed by atoms with Gasteiger partial charge in [-0.15, -0.1) is 0 Å². The normalized spacial score (nSPS) is 16.0. The van der Waals surface area contributed by atoms with Gasteiger partial charge >= 0.3 is 5.97 Å². The van der Waals surface area contributed by atoms with Crippen LogP contribution >= 0.6 is 0 Å². The number of aromatic nitrogens is 1. The predicted octanol–water partition coefficient (Wildman–Crippen LogP) is 2.51. The molecule has 1 saturated heterocycles. The predicted molar refractivity (Wildman–Crippen MR) is 87.8 cm³/mol. The number of nitrogens with two attached hydrogens (primary N) is 1. The molecule has 0 saturated carbocycles. The lowest BCUT2D eigenvalue weighted by molar-refractivity contribution is -0.146. The smallest absolute Gasteiger partial charge is 0.308 e. The summed E-state index contributed by atoms with van der Waals surface area (Å²) in [5.74, 6) is 0.852. The van der Waals surface area contributed by atoms with Crippen LogP contribution in [0.25, 0.3) is 10.8 Å². The summed E-state index contributed by atoms with van der Waals surface area (Å²) in [4.78, 5) is 18.4. The van der Waals surface area contributed by atoms with Crippen molar-refractivity contribution < 1.29 is 9.53 Å². The van der Waals surface area contributed by atoms with Gasteiger partial charge < -0.3 is 15.4 Å². The summed E-state index contributed by atoms with van der Waals surface area (Å²) in [6.07, 6.45) is 3.40. The Hall–Kier alpha value is -2.30. The Morgan fingerprint density at radius 2 is 2.05 bits per heavy atom. The molecule has 1 aromatic heterocycles. The summed E-state index contributed by atoms with van der Waals surface area (Å²) < 4.78 is 4.84. The molecule has 2 heterocycles.